The number of aromatic hydroxyl groups is 1. The number of phenols is 1. The second-order valence-corrected chi connectivity index (χ2v) is 6.62. The zero-order valence-corrected chi connectivity index (χ0v) is 15.6. The fourth-order valence-corrected chi connectivity index (χ4v) is 3.08. The first-order valence-electron chi connectivity index (χ1n) is 8.41. The molecule has 2 aromatic carbocycles. The summed E-state index contributed by atoms with van der Waals surface area (Å²) in [5.74, 6) is -0.678. The van der Waals surface area contributed by atoms with Crippen LogP contribution >= 0.6 is 11.6 Å². The summed E-state index contributed by atoms with van der Waals surface area (Å²) in [6.45, 7) is 1.79. The zero-order chi connectivity index (χ0) is 21.2. The molecule has 2 aromatic rings. The molecule has 1 fully saturated rings. The maximum absolute atomic E-state index is 13.1. The number of nitrogens with zero attached hydrogens (tertiary/aromatic N) is 3. The fraction of sp³-hybridized carbons (Fsp3) is 0.278. The molecule has 1 saturated heterocycles. The monoisotopic (exact) mass is 429 g/mol. The number of aliphatic imine (C=N–C) groups is 1. The molecule has 0 aromatic heterocycles. The minimum atomic E-state index is -4.56. The third-order valence-electron chi connectivity index (χ3n) is 4.28. The molecule has 1 heterocycles. The first-order valence-corrected chi connectivity index (χ1v) is 8.79. The van der Waals surface area contributed by atoms with Crippen LogP contribution in [0.4, 0.5) is 30.2 Å². The van der Waals surface area contributed by atoms with E-state index in [1.54, 1.807) is 0 Å². The number of hydrogen-bond acceptors (Lipinski definition) is 6. The molecule has 0 atom stereocenters. The Morgan fingerprint density at radius 2 is 1.93 bits per heavy atom. The van der Waals surface area contributed by atoms with Crippen LogP contribution in [0.5, 0.6) is 5.75 Å². The summed E-state index contributed by atoms with van der Waals surface area (Å²) in [6, 6.07) is 5.37. The molecule has 29 heavy (non-hydrogen) atoms. The van der Waals surface area contributed by atoms with E-state index in [0.29, 0.717) is 32.0 Å². The number of ether oxygens (including phenoxy) is 1. The molecule has 0 spiro atoms. The standard InChI is InChI=1S/C18H15ClF3N3O4/c19-13-7-11(17(26)16(9-13)25(27)28)10-23-14-8-12(18(20,21)22)1-2-15(14)24-3-5-29-6-4-24/h1-2,7-10,26H,3-6H2. The molecule has 0 unspecified atom stereocenters. The van der Waals surface area contributed by atoms with Crippen molar-refractivity contribution in [2.24, 2.45) is 4.99 Å². The van der Waals surface area contributed by atoms with E-state index < -0.39 is 28.1 Å². The normalized spacial score (nSPS) is 15.1. The number of benzene rings is 2. The van der Waals surface area contributed by atoms with Gasteiger partial charge >= 0.3 is 11.9 Å². The van der Waals surface area contributed by atoms with E-state index in [0.717, 1.165) is 24.4 Å². The van der Waals surface area contributed by atoms with Crippen molar-refractivity contribution in [3.05, 3.63) is 56.6 Å². The average Bonchev–Trinajstić information content (AvgIpc) is 2.68. The number of morpholine rings is 1. The molecule has 1 aliphatic rings. The molecule has 0 bridgehead atoms. The Bertz CT molecular complexity index is 960. The van der Waals surface area contributed by atoms with Crippen molar-refractivity contribution >= 4 is 34.9 Å². The molecule has 0 saturated carbocycles. The van der Waals surface area contributed by atoms with Gasteiger partial charge in [0.2, 0.25) is 5.75 Å². The predicted molar refractivity (Wildman–Crippen MR) is 102 cm³/mol. The van der Waals surface area contributed by atoms with Crippen LogP contribution in [0, 0.1) is 10.1 Å². The molecule has 0 radical (unpaired) electrons. The molecule has 154 valence electrons. The second-order valence-electron chi connectivity index (χ2n) is 6.18. The summed E-state index contributed by atoms with van der Waals surface area (Å²) in [4.78, 5) is 16.1. The molecule has 0 amide bonds. The first kappa shape index (κ1) is 20.9. The van der Waals surface area contributed by atoms with Crippen molar-refractivity contribution in [3.63, 3.8) is 0 Å². The van der Waals surface area contributed by atoms with Crippen LogP contribution in [0.1, 0.15) is 11.1 Å². The number of anilines is 1. The van der Waals surface area contributed by atoms with Crippen molar-refractivity contribution in [2.75, 3.05) is 31.2 Å². The maximum atomic E-state index is 13.1. The number of phenolic OH excluding ortho intramolecular Hbond substituents is 1. The van der Waals surface area contributed by atoms with Gasteiger partial charge in [0.05, 0.1) is 35.1 Å². The highest BCUT2D eigenvalue weighted by Gasteiger charge is 2.31. The highest BCUT2D eigenvalue weighted by atomic mass is 35.5. The van der Waals surface area contributed by atoms with Gasteiger partial charge < -0.3 is 14.7 Å². The first-order chi connectivity index (χ1) is 13.7. The van der Waals surface area contributed by atoms with E-state index in [1.165, 1.54) is 12.1 Å². The SMILES string of the molecule is O=[N+]([O-])c1cc(Cl)cc(C=Nc2cc(C(F)(F)F)ccc2N2CCOCC2)c1O. The molecule has 11 heteroatoms. The van der Waals surface area contributed by atoms with Crippen LogP contribution in [-0.2, 0) is 10.9 Å². The molecule has 1 N–H and O–H groups in total. The van der Waals surface area contributed by atoms with Gasteiger partial charge in [0, 0.05) is 36.0 Å². The number of nitro groups is 1. The Labute approximate surface area is 168 Å². The van der Waals surface area contributed by atoms with Gasteiger partial charge in [-0.1, -0.05) is 11.6 Å². The summed E-state index contributed by atoms with van der Waals surface area (Å²) in [5.41, 5.74) is -1.15. The quantitative estimate of drug-likeness (QED) is 0.437. The maximum Gasteiger partial charge on any atom is 0.416 e. The summed E-state index contributed by atoms with van der Waals surface area (Å²) in [5, 5.41) is 21.1. The lowest BCUT2D eigenvalue weighted by Gasteiger charge is -2.30. The molecule has 3 rings (SSSR count). The van der Waals surface area contributed by atoms with Crippen LogP contribution in [0.25, 0.3) is 0 Å². The highest BCUT2D eigenvalue weighted by Crippen LogP contribution is 2.38. The summed E-state index contributed by atoms with van der Waals surface area (Å²) < 4.78 is 44.7. The van der Waals surface area contributed by atoms with E-state index in [9.17, 15) is 28.4 Å². The summed E-state index contributed by atoms with van der Waals surface area (Å²) >= 11 is 5.84. The molecule has 0 aliphatic carbocycles. The molecular formula is C18H15ClF3N3O4. The smallest absolute Gasteiger partial charge is 0.416 e. The van der Waals surface area contributed by atoms with Gasteiger partial charge in [0.1, 0.15) is 0 Å². The third-order valence-corrected chi connectivity index (χ3v) is 4.50. The van der Waals surface area contributed by atoms with Gasteiger partial charge in [-0.05, 0) is 24.3 Å². The lowest BCUT2D eigenvalue weighted by atomic mass is 10.1. The molecule has 1 aliphatic heterocycles. The second kappa shape index (κ2) is 8.26. The minimum Gasteiger partial charge on any atom is -0.502 e. The van der Waals surface area contributed by atoms with Crippen LogP contribution in [0.15, 0.2) is 35.3 Å². The van der Waals surface area contributed by atoms with Crippen molar-refractivity contribution < 1.29 is 27.9 Å². The van der Waals surface area contributed by atoms with E-state index in [4.69, 9.17) is 16.3 Å². The van der Waals surface area contributed by atoms with E-state index >= 15 is 0 Å². The fourth-order valence-electron chi connectivity index (χ4n) is 2.86. The third kappa shape index (κ3) is 4.77. The predicted octanol–water partition coefficient (Wildman–Crippen LogP) is 4.56. The van der Waals surface area contributed by atoms with Crippen LogP contribution in [-0.4, -0.2) is 42.5 Å². The van der Waals surface area contributed by atoms with E-state index in [1.807, 2.05) is 4.90 Å². The number of hydrogen-bond donors (Lipinski definition) is 1. The van der Waals surface area contributed by atoms with Gasteiger partial charge in [-0.15, -0.1) is 0 Å². The lowest BCUT2D eigenvalue weighted by Crippen LogP contribution is -2.36. The van der Waals surface area contributed by atoms with Gasteiger partial charge in [-0.2, -0.15) is 13.2 Å². The highest BCUT2D eigenvalue weighted by molar-refractivity contribution is 6.31. The molecular weight excluding hydrogens is 415 g/mol. The molecule has 7 nitrogen and oxygen atoms in total. The van der Waals surface area contributed by atoms with Gasteiger partial charge in [-0.3, -0.25) is 15.1 Å². The topological polar surface area (TPSA) is 88.2 Å². The van der Waals surface area contributed by atoms with Gasteiger partial charge in [0.25, 0.3) is 0 Å². The number of nitro benzene ring substituents is 1. The lowest BCUT2D eigenvalue weighted by molar-refractivity contribution is -0.385. The average molecular weight is 430 g/mol. The van der Waals surface area contributed by atoms with Gasteiger partial charge in [-0.25, -0.2) is 0 Å². The summed E-state index contributed by atoms with van der Waals surface area (Å²) in [6.07, 6.45) is -3.52. The van der Waals surface area contributed by atoms with Crippen molar-refractivity contribution in [3.8, 4) is 5.75 Å². The Morgan fingerprint density at radius 1 is 1.24 bits per heavy atom. The van der Waals surface area contributed by atoms with E-state index in [-0.39, 0.29) is 16.3 Å². The van der Waals surface area contributed by atoms with Crippen molar-refractivity contribution in [1.82, 2.24) is 0 Å². The summed E-state index contributed by atoms with van der Waals surface area (Å²) in [7, 11) is 0. The van der Waals surface area contributed by atoms with Gasteiger partial charge in [0.15, 0.2) is 0 Å². The Balaban J connectivity index is 2.06. The largest absolute Gasteiger partial charge is 0.502 e. The van der Waals surface area contributed by atoms with Crippen molar-refractivity contribution in [1.29, 1.82) is 0 Å². The Morgan fingerprint density at radius 3 is 2.55 bits per heavy atom. The van der Waals surface area contributed by atoms with Crippen LogP contribution in [0.2, 0.25) is 5.02 Å². The van der Waals surface area contributed by atoms with Crippen LogP contribution in [0.3, 0.4) is 0 Å². The number of halogens is 4. The van der Waals surface area contributed by atoms with Crippen LogP contribution < -0.4 is 4.90 Å². The van der Waals surface area contributed by atoms with E-state index in [2.05, 4.69) is 4.99 Å². The van der Waals surface area contributed by atoms with Crippen molar-refractivity contribution in [2.45, 2.75) is 6.18 Å². The number of alkyl halides is 3. The Kier molecular flexibility index (Phi) is 5.94. The Hall–Kier alpha value is -2.85. The minimum absolute atomic E-state index is 0.00348. The number of rotatable bonds is 4. The zero-order valence-electron chi connectivity index (χ0n) is 14.8.